The van der Waals surface area contributed by atoms with Crippen molar-refractivity contribution in [3.05, 3.63) is 33.0 Å². The predicted molar refractivity (Wildman–Crippen MR) is 98.1 cm³/mol. The number of hydrogen-bond acceptors (Lipinski definition) is 7. The molecule has 4 rings (SSSR count). The van der Waals surface area contributed by atoms with E-state index in [1.54, 1.807) is 18.9 Å². The third-order valence-electron chi connectivity index (χ3n) is 4.74. The Labute approximate surface area is 162 Å². The first-order chi connectivity index (χ1) is 12.9. The molecule has 0 spiro atoms. The van der Waals surface area contributed by atoms with Gasteiger partial charge < -0.3 is 9.42 Å². The van der Waals surface area contributed by atoms with Crippen molar-refractivity contribution in [2.45, 2.75) is 32.2 Å². The maximum absolute atomic E-state index is 12.8. The molecule has 0 saturated carbocycles. The van der Waals surface area contributed by atoms with E-state index in [0.717, 1.165) is 12.8 Å². The molecular weight excluding hydrogens is 418 g/mol. The standard InChI is InChI=1S/C16H18BrN7O3/c1-9-19-15(27-21-9)10-4-3-5-23(6-10)11(25)7-24-8-18-14-12(16(24)26)13(17)20-22(14)2/h8,10H,3-7H2,1-2H3. The average Bonchev–Trinajstić information content (AvgIpc) is 3.21. The van der Waals surface area contributed by atoms with Gasteiger partial charge in [-0.1, -0.05) is 5.16 Å². The van der Waals surface area contributed by atoms with Crippen LogP contribution in [0.25, 0.3) is 11.0 Å². The van der Waals surface area contributed by atoms with Crippen LogP contribution in [0.3, 0.4) is 0 Å². The van der Waals surface area contributed by atoms with Crippen LogP contribution in [0.1, 0.15) is 30.5 Å². The number of halogens is 1. The Morgan fingerprint density at radius 3 is 3.00 bits per heavy atom. The zero-order valence-electron chi connectivity index (χ0n) is 14.9. The van der Waals surface area contributed by atoms with E-state index < -0.39 is 0 Å². The van der Waals surface area contributed by atoms with Crippen molar-refractivity contribution in [1.29, 1.82) is 0 Å². The molecule has 0 radical (unpaired) electrons. The lowest BCUT2D eigenvalue weighted by atomic mass is 9.98. The fraction of sp³-hybridized carbons (Fsp3) is 0.500. The summed E-state index contributed by atoms with van der Waals surface area (Å²) in [5.41, 5.74) is 0.176. The van der Waals surface area contributed by atoms with Gasteiger partial charge in [-0.3, -0.25) is 14.2 Å². The van der Waals surface area contributed by atoms with Crippen molar-refractivity contribution in [3.63, 3.8) is 0 Å². The van der Waals surface area contributed by atoms with Crippen LogP contribution in [-0.2, 0) is 18.4 Å². The summed E-state index contributed by atoms with van der Waals surface area (Å²) < 4.78 is 8.51. The summed E-state index contributed by atoms with van der Waals surface area (Å²) in [6.45, 7) is 2.84. The lowest BCUT2D eigenvalue weighted by Crippen LogP contribution is -2.42. The van der Waals surface area contributed by atoms with E-state index in [1.165, 1.54) is 15.6 Å². The number of carbonyl (C=O) groups excluding carboxylic acids is 1. The lowest BCUT2D eigenvalue weighted by molar-refractivity contribution is -0.133. The summed E-state index contributed by atoms with van der Waals surface area (Å²) in [7, 11) is 1.71. The molecular formula is C16H18BrN7O3. The van der Waals surface area contributed by atoms with E-state index in [0.29, 0.717) is 40.4 Å². The molecule has 0 N–H and O–H groups in total. The molecule has 0 aromatic carbocycles. The monoisotopic (exact) mass is 435 g/mol. The molecule has 0 aliphatic carbocycles. The lowest BCUT2D eigenvalue weighted by Gasteiger charge is -2.31. The Morgan fingerprint density at radius 1 is 1.44 bits per heavy atom. The van der Waals surface area contributed by atoms with Crippen LogP contribution >= 0.6 is 15.9 Å². The second-order valence-corrected chi connectivity index (χ2v) is 7.40. The van der Waals surface area contributed by atoms with E-state index in [2.05, 4.69) is 36.2 Å². The highest BCUT2D eigenvalue weighted by Gasteiger charge is 2.28. The van der Waals surface area contributed by atoms with E-state index in [4.69, 9.17) is 4.52 Å². The number of piperidine rings is 1. The number of nitrogens with zero attached hydrogens (tertiary/aromatic N) is 7. The quantitative estimate of drug-likeness (QED) is 0.602. The van der Waals surface area contributed by atoms with Crippen molar-refractivity contribution in [1.82, 2.24) is 34.4 Å². The second-order valence-electron chi connectivity index (χ2n) is 6.65. The molecule has 142 valence electrons. The minimum Gasteiger partial charge on any atom is -0.340 e. The normalized spacial score (nSPS) is 17.6. The van der Waals surface area contributed by atoms with Gasteiger partial charge in [0.15, 0.2) is 11.5 Å². The third-order valence-corrected chi connectivity index (χ3v) is 5.30. The Bertz CT molecular complexity index is 1070. The van der Waals surface area contributed by atoms with Gasteiger partial charge in [0.2, 0.25) is 11.8 Å². The first-order valence-corrected chi connectivity index (χ1v) is 9.39. The molecule has 11 heteroatoms. The Morgan fingerprint density at radius 2 is 2.26 bits per heavy atom. The van der Waals surface area contributed by atoms with Gasteiger partial charge in [0.25, 0.3) is 5.56 Å². The molecule has 3 aromatic heterocycles. The van der Waals surface area contributed by atoms with Gasteiger partial charge in [-0.05, 0) is 35.7 Å². The van der Waals surface area contributed by atoms with Crippen LogP contribution in [0.15, 0.2) is 20.2 Å². The molecule has 1 fully saturated rings. The van der Waals surface area contributed by atoms with Gasteiger partial charge >= 0.3 is 0 Å². The summed E-state index contributed by atoms with van der Waals surface area (Å²) in [6.07, 6.45) is 3.12. The molecule has 1 saturated heterocycles. The van der Waals surface area contributed by atoms with Crippen LogP contribution in [0.2, 0.25) is 0 Å². The number of hydrogen-bond donors (Lipinski definition) is 0. The Kier molecular flexibility index (Phi) is 4.54. The van der Waals surface area contributed by atoms with Crippen molar-refractivity contribution in [2.24, 2.45) is 7.05 Å². The minimum atomic E-state index is -0.297. The molecule has 3 aromatic rings. The smallest absolute Gasteiger partial charge is 0.266 e. The molecule has 10 nitrogen and oxygen atoms in total. The number of likely N-dealkylation sites (tertiary alicyclic amines) is 1. The zero-order valence-corrected chi connectivity index (χ0v) is 16.5. The van der Waals surface area contributed by atoms with Gasteiger partial charge in [0.05, 0.1) is 5.92 Å². The van der Waals surface area contributed by atoms with Crippen molar-refractivity contribution < 1.29 is 9.32 Å². The molecule has 0 bridgehead atoms. The highest BCUT2D eigenvalue weighted by Crippen LogP contribution is 2.25. The van der Waals surface area contributed by atoms with Crippen LogP contribution in [-0.4, -0.2) is 53.4 Å². The Hall–Kier alpha value is -2.56. The first kappa shape index (κ1) is 17.8. The van der Waals surface area contributed by atoms with Crippen LogP contribution in [0.5, 0.6) is 0 Å². The number of aryl methyl sites for hydroxylation is 2. The summed E-state index contributed by atoms with van der Waals surface area (Å²) in [5, 5.41) is 8.34. The Balaban J connectivity index is 1.53. The van der Waals surface area contributed by atoms with Crippen LogP contribution in [0, 0.1) is 6.92 Å². The molecule has 1 aliphatic rings. The fourth-order valence-electron chi connectivity index (χ4n) is 3.38. The van der Waals surface area contributed by atoms with E-state index >= 15 is 0 Å². The number of carbonyl (C=O) groups is 1. The number of rotatable bonds is 3. The van der Waals surface area contributed by atoms with E-state index in [-0.39, 0.29) is 23.9 Å². The largest absolute Gasteiger partial charge is 0.340 e. The molecule has 1 unspecified atom stereocenters. The summed E-state index contributed by atoms with van der Waals surface area (Å²) in [6, 6.07) is 0. The molecule has 1 atom stereocenters. The van der Waals surface area contributed by atoms with Gasteiger partial charge in [-0.2, -0.15) is 10.1 Å². The topological polar surface area (TPSA) is 112 Å². The van der Waals surface area contributed by atoms with Crippen molar-refractivity contribution in [2.75, 3.05) is 13.1 Å². The maximum Gasteiger partial charge on any atom is 0.266 e. The third kappa shape index (κ3) is 3.27. The molecule has 1 amide bonds. The molecule has 27 heavy (non-hydrogen) atoms. The highest BCUT2D eigenvalue weighted by atomic mass is 79.9. The van der Waals surface area contributed by atoms with Gasteiger partial charge in [0, 0.05) is 20.1 Å². The fourth-order valence-corrected chi connectivity index (χ4v) is 3.96. The summed E-state index contributed by atoms with van der Waals surface area (Å²) >= 11 is 3.28. The minimum absolute atomic E-state index is 0.0219. The number of fused-ring (bicyclic) bond motifs is 1. The number of aromatic nitrogens is 6. The maximum atomic E-state index is 12.8. The predicted octanol–water partition coefficient (Wildman–Crippen LogP) is 0.990. The van der Waals surface area contributed by atoms with Crippen molar-refractivity contribution >= 4 is 32.9 Å². The van der Waals surface area contributed by atoms with Gasteiger partial charge in [0.1, 0.15) is 22.9 Å². The SMILES string of the molecule is Cc1noc(C2CCCN(C(=O)Cn3cnc4c(c(Br)nn4C)c3=O)C2)n1. The van der Waals surface area contributed by atoms with Crippen LogP contribution in [0.4, 0.5) is 0 Å². The average molecular weight is 436 g/mol. The highest BCUT2D eigenvalue weighted by molar-refractivity contribution is 9.10. The first-order valence-electron chi connectivity index (χ1n) is 8.59. The van der Waals surface area contributed by atoms with E-state index in [9.17, 15) is 9.59 Å². The molecule has 1 aliphatic heterocycles. The van der Waals surface area contributed by atoms with Gasteiger partial charge in [-0.15, -0.1) is 0 Å². The zero-order chi connectivity index (χ0) is 19.1. The number of amides is 1. The van der Waals surface area contributed by atoms with E-state index in [1.807, 2.05) is 0 Å². The van der Waals surface area contributed by atoms with Crippen molar-refractivity contribution in [3.8, 4) is 0 Å². The second kappa shape index (κ2) is 6.87. The van der Waals surface area contributed by atoms with Crippen LogP contribution < -0.4 is 5.56 Å². The summed E-state index contributed by atoms with van der Waals surface area (Å²) in [4.78, 5) is 35.7. The van der Waals surface area contributed by atoms with Gasteiger partial charge in [-0.25, -0.2) is 9.67 Å². The molecule has 4 heterocycles. The summed E-state index contributed by atoms with van der Waals surface area (Å²) in [5.74, 6) is 1.03.